The van der Waals surface area contributed by atoms with Crippen molar-refractivity contribution in [2.24, 2.45) is 11.3 Å². The number of carbonyl (C=O) groups is 2. The average Bonchev–Trinajstić information content (AvgIpc) is 3.49. The maximum Gasteiger partial charge on any atom is 0.306 e. The highest BCUT2D eigenvalue weighted by molar-refractivity contribution is 5.99. The van der Waals surface area contributed by atoms with Gasteiger partial charge in [-0.25, -0.2) is 0 Å². The minimum atomic E-state index is -0.761. The van der Waals surface area contributed by atoms with Crippen LogP contribution in [0.15, 0.2) is 30.3 Å². The maximum absolute atomic E-state index is 11.9. The quantitative estimate of drug-likeness (QED) is 0.574. The number of rotatable bonds is 10. The second-order valence-electron chi connectivity index (χ2n) is 8.80. The number of carbonyl (C=O) groups excluding carboxylic acids is 1. The van der Waals surface area contributed by atoms with E-state index in [9.17, 15) is 14.7 Å². The predicted molar refractivity (Wildman–Crippen MR) is 119 cm³/mol. The first kappa shape index (κ1) is 22.0. The van der Waals surface area contributed by atoms with Crippen LogP contribution in [0.3, 0.4) is 0 Å². The van der Waals surface area contributed by atoms with Gasteiger partial charge in [-0.2, -0.15) is 0 Å². The largest absolute Gasteiger partial charge is 0.493 e. The molecule has 0 bridgehead atoms. The Morgan fingerprint density at radius 3 is 2.53 bits per heavy atom. The van der Waals surface area contributed by atoms with Gasteiger partial charge in [-0.1, -0.05) is 13.0 Å². The van der Waals surface area contributed by atoms with Crippen LogP contribution in [0.4, 0.5) is 0 Å². The van der Waals surface area contributed by atoms with Crippen LogP contribution >= 0.6 is 0 Å². The smallest absolute Gasteiger partial charge is 0.306 e. The third kappa shape index (κ3) is 4.24. The molecule has 170 valence electrons. The third-order valence-electron chi connectivity index (χ3n) is 6.61. The van der Waals surface area contributed by atoms with Crippen LogP contribution in [0.5, 0.6) is 17.2 Å². The number of methoxy groups -OCH3 is 2. The van der Waals surface area contributed by atoms with Gasteiger partial charge in [0.15, 0.2) is 11.5 Å². The molecule has 0 aromatic heterocycles. The molecule has 1 atom stereocenters. The van der Waals surface area contributed by atoms with Crippen molar-refractivity contribution < 1.29 is 28.9 Å². The van der Waals surface area contributed by atoms with Crippen molar-refractivity contribution in [1.29, 1.82) is 0 Å². The lowest BCUT2D eigenvalue weighted by Crippen LogP contribution is -2.17. The summed E-state index contributed by atoms with van der Waals surface area (Å²) >= 11 is 0. The number of fused-ring (bicyclic) bond motifs is 1. The summed E-state index contributed by atoms with van der Waals surface area (Å²) in [5, 5.41) is 12.0. The summed E-state index contributed by atoms with van der Waals surface area (Å²) in [7, 11) is 3.17. The second kappa shape index (κ2) is 8.73. The van der Waals surface area contributed by atoms with Crippen LogP contribution in [0.2, 0.25) is 0 Å². The average molecular weight is 440 g/mol. The lowest BCUT2D eigenvalue weighted by Gasteiger charge is -2.22. The summed E-state index contributed by atoms with van der Waals surface area (Å²) in [6, 6.07) is 9.54. The number of nitrogens with one attached hydrogen (secondary N) is 1. The molecule has 4 rings (SSSR count). The number of benzene rings is 2. The maximum atomic E-state index is 11.9. The molecule has 0 saturated heterocycles. The van der Waals surface area contributed by atoms with Crippen molar-refractivity contribution in [1.82, 2.24) is 5.32 Å². The highest BCUT2D eigenvalue weighted by atomic mass is 16.5. The molecule has 0 spiro atoms. The number of amides is 1. The fourth-order valence-electron chi connectivity index (χ4n) is 4.18. The van der Waals surface area contributed by atoms with Crippen molar-refractivity contribution in [3.63, 3.8) is 0 Å². The Hall–Kier alpha value is -3.22. The van der Waals surface area contributed by atoms with E-state index in [1.807, 2.05) is 30.3 Å². The van der Waals surface area contributed by atoms with Crippen molar-refractivity contribution in [2.45, 2.75) is 39.2 Å². The fraction of sp³-hybridized carbons (Fsp3) is 0.440. The Labute approximate surface area is 187 Å². The van der Waals surface area contributed by atoms with E-state index >= 15 is 0 Å². The van der Waals surface area contributed by atoms with Crippen LogP contribution in [0.25, 0.3) is 11.1 Å². The fourth-order valence-corrected chi connectivity index (χ4v) is 4.18. The summed E-state index contributed by atoms with van der Waals surface area (Å²) in [5.74, 6) is 0.520. The first-order chi connectivity index (χ1) is 15.4. The molecular formula is C25H29NO6. The summed E-state index contributed by atoms with van der Waals surface area (Å²) in [6.45, 7) is 2.74. The Balaban J connectivity index is 1.62. The van der Waals surface area contributed by atoms with Crippen LogP contribution in [-0.2, 0) is 11.3 Å². The molecule has 7 nitrogen and oxygen atoms in total. The number of hydrogen-bond acceptors (Lipinski definition) is 5. The zero-order valence-electron chi connectivity index (χ0n) is 18.7. The number of carboxylic acids is 1. The lowest BCUT2D eigenvalue weighted by molar-refractivity contribution is -0.141. The van der Waals surface area contributed by atoms with E-state index in [1.165, 1.54) is 0 Å². The van der Waals surface area contributed by atoms with E-state index in [-0.39, 0.29) is 17.2 Å². The molecule has 2 aromatic carbocycles. The summed E-state index contributed by atoms with van der Waals surface area (Å²) in [5.41, 5.74) is 3.44. The summed E-state index contributed by atoms with van der Waals surface area (Å²) in [6.07, 6.45) is 3.49. The Morgan fingerprint density at radius 2 is 1.88 bits per heavy atom. The van der Waals surface area contributed by atoms with E-state index in [4.69, 9.17) is 14.2 Å². The molecule has 2 aliphatic rings. The number of hydrogen-bond donors (Lipinski definition) is 2. The first-order valence-electron chi connectivity index (χ1n) is 10.9. The lowest BCUT2D eigenvalue weighted by atomic mass is 9.95. The number of ether oxygens (including phenoxy) is 3. The molecule has 2 aromatic rings. The molecule has 1 heterocycles. The van der Waals surface area contributed by atoms with Gasteiger partial charge in [0.25, 0.3) is 5.91 Å². The predicted octanol–water partition coefficient (Wildman–Crippen LogP) is 4.27. The van der Waals surface area contributed by atoms with Gasteiger partial charge in [0, 0.05) is 23.1 Å². The Kier molecular flexibility index (Phi) is 6.00. The normalized spacial score (nSPS) is 16.7. The van der Waals surface area contributed by atoms with Gasteiger partial charge >= 0.3 is 5.97 Å². The Bertz CT molecular complexity index is 1040. The standard InChI is InChI=1S/C25H29NO6/c1-15(24(28)29)8-9-25(10-11-25)14-32-21-18(6-7-20(30-2)22(21)31-3)16-4-5-19-17(12-16)13-26-23(19)27/h4-7,12,15H,8-11,13-14H2,1-3H3,(H,26,27)(H,28,29). The van der Waals surface area contributed by atoms with E-state index in [0.29, 0.717) is 42.4 Å². The number of aliphatic carboxylic acids is 1. The molecule has 1 amide bonds. The van der Waals surface area contributed by atoms with Crippen LogP contribution in [0, 0.1) is 11.3 Å². The van der Waals surface area contributed by atoms with Crippen molar-refractivity contribution in [2.75, 3.05) is 20.8 Å². The van der Waals surface area contributed by atoms with Crippen LogP contribution in [0.1, 0.15) is 48.5 Å². The van der Waals surface area contributed by atoms with Crippen LogP contribution < -0.4 is 19.5 Å². The third-order valence-corrected chi connectivity index (χ3v) is 6.61. The van der Waals surface area contributed by atoms with Gasteiger partial charge in [-0.15, -0.1) is 0 Å². The van der Waals surface area contributed by atoms with Gasteiger partial charge < -0.3 is 24.6 Å². The molecular weight excluding hydrogens is 410 g/mol. The minimum absolute atomic E-state index is 0.00332. The molecule has 7 heteroatoms. The molecule has 1 unspecified atom stereocenters. The molecule has 32 heavy (non-hydrogen) atoms. The van der Waals surface area contributed by atoms with Crippen molar-refractivity contribution >= 4 is 11.9 Å². The molecule has 1 aliphatic heterocycles. The highest BCUT2D eigenvalue weighted by Crippen LogP contribution is 2.52. The van der Waals surface area contributed by atoms with Gasteiger partial charge in [-0.3, -0.25) is 9.59 Å². The monoisotopic (exact) mass is 439 g/mol. The van der Waals surface area contributed by atoms with Crippen molar-refractivity contribution in [3.8, 4) is 28.4 Å². The molecule has 1 fully saturated rings. The SMILES string of the molecule is COc1ccc(-c2ccc3c(c2)CNC3=O)c(OCC2(CCC(C)C(=O)O)CC2)c1OC. The number of carboxylic acid groups (broad SMARTS) is 1. The van der Waals surface area contributed by atoms with Gasteiger partial charge in [-0.05, 0) is 61.1 Å². The topological polar surface area (TPSA) is 94.1 Å². The second-order valence-corrected chi connectivity index (χ2v) is 8.80. The highest BCUT2D eigenvalue weighted by Gasteiger charge is 2.44. The molecule has 2 N–H and O–H groups in total. The summed E-state index contributed by atoms with van der Waals surface area (Å²) < 4.78 is 17.5. The van der Waals surface area contributed by atoms with Crippen LogP contribution in [-0.4, -0.2) is 37.8 Å². The minimum Gasteiger partial charge on any atom is -0.493 e. The van der Waals surface area contributed by atoms with E-state index in [0.717, 1.165) is 36.0 Å². The molecule has 1 aliphatic carbocycles. The van der Waals surface area contributed by atoms with Gasteiger partial charge in [0.05, 0.1) is 26.7 Å². The first-order valence-corrected chi connectivity index (χ1v) is 10.9. The zero-order valence-corrected chi connectivity index (χ0v) is 18.7. The summed E-state index contributed by atoms with van der Waals surface area (Å²) in [4.78, 5) is 23.1. The van der Waals surface area contributed by atoms with Gasteiger partial charge in [0.1, 0.15) is 0 Å². The van der Waals surface area contributed by atoms with Gasteiger partial charge in [0.2, 0.25) is 5.75 Å². The molecule has 0 radical (unpaired) electrons. The van der Waals surface area contributed by atoms with E-state index < -0.39 is 5.97 Å². The Morgan fingerprint density at radius 1 is 1.12 bits per heavy atom. The zero-order chi connectivity index (χ0) is 22.9. The van der Waals surface area contributed by atoms with E-state index in [2.05, 4.69) is 5.32 Å². The molecule has 1 saturated carbocycles. The van der Waals surface area contributed by atoms with E-state index in [1.54, 1.807) is 21.1 Å². The van der Waals surface area contributed by atoms with Crippen molar-refractivity contribution in [3.05, 3.63) is 41.5 Å².